The average Bonchev–Trinajstić information content (AvgIpc) is 3.40. The van der Waals surface area contributed by atoms with Crippen molar-refractivity contribution < 1.29 is 18.5 Å². The molecule has 1 aliphatic heterocycles. The SMILES string of the molecule is CC(C)c1nc2cc(C(=O)NCCc3noc(C4CCCO4)n3)ccc2o1. The van der Waals surface area contributed by atoms with Crippen molar-refractivity contribution in [3.63, 3.8) is 0 Å². The summed E-state index contributed by atoms with van der Waals surface area (Å²) in [6.45, 7) is 5.17. The number of nitrogens with one attached hydrogen (secondary N) is 1. The fourth-order valence-electron chi connectivity index (χ4n) is 3.00. The molecule has 3 heterocycles. The Labute approximate surface area is 156 Å². The molecule has 1 saturated heterocycles. The number of oxazole rings is 1. The van der Waals surface area contributed by atoms with Gasteiger partial charge in [-0.25, -0.2) is 4.98 Å². The van der Waals surface area contributed by atoms with Gasteiger partial charge in [-0.05, 0) is 31.0 Å². The summed E-state index contributed by atoms with van der Waals surface area (Å²) in [5.74, 6) is 1.78. The van der Waals surface area contributed by atoms with Gasteiger partial charge in [-0.3, -0.25) is 4.79 Å². The summed E-state index contributed by atoms with van der Waals surface area (Å²) in [4.78, 5) is 21.2. The highest BCUT2D eigenvalue weighted by atomic mass is 16.5. The lowest BCUT2D eigenvalue weighted by atomic mass is 10.2. The lowest BCUT2D eigenvalue weighted by Crippen LogP contribution is -2.25. The van der Waals surface area contributed by atoms with Gasteiger partial charge >= 0.3 is 0 Å². The Morgan fingerprint density at radius 3 is 3.00 bits per heavy atom. The lowest BCUT2D eigenvalue weighted by Gasteiger charge is -2.03. The van der Waals surface area contributed by atoms with Crippen molar-refractivity contribution in [1.82, 2.24) is 20.4 Å². The molecule has 0 bridgehead atoms. The zero-order valence-electron chi connectivity index (χ0n) is 15.4. The number of hydrogen-bond acceptors (Lipinski definition) is 7. The zero-order chi connectivity index (χ0) is 18.8. The molecule has 8 heteroatoms. The Morgan fingerprint density at radius 1 is 1.33 bits per heavy atom. The summed E-state index contributed by atoms with van der Waals surface area (Å²) >= 11 is 0. The van der Waals surface area contributed by atoms with E-state index in [1.54, 1.807) is 18.2 Å². The van der Waals surface area contributed by atoms with Crippen LogP contribution < -0.4 is 5.32 Å². The first-order valence-electron chi connectivity index (χ1n) is 9.23. The predicted octanol–water partition coefficient (Wildman–Crippen LogP) is 3.16. The summed E-state index contributed by atoms with van der Waals surface area (Å²) < 4.78 is 16.4. The third kappa shape index (κ3) is 3.85. The normalized spacial score (nSPS) is 17.1. The number of amides is 1. The minimum atomic E-state index is -0.172. The zero-order valence-corrected chi connectivity index (χ0v) is 15.4. The Hall–Kier alpha value is -2.74. The molecule has 1 aliphatic rings. The number of carbonyl (C=O) groups excluding carboxylic acids is 1. The summed E-state index contributed by atoms with van der Waals surface area (Å²) in [5, 5.41) is 6.82. The van der Waals surface area contributed by atoms with Gasteiger partial charge in [0.15, 0.2) is 17.3 Å². The molecule has 2 aromatic heterocycles. The highest BCUT2D eigenvalue weighted by Gasteiger charge is 2.23. The van der Waals surface area contributed by atoms with Gasteiger partial charge < -0.3 is 19.0 Å². The molecule has 4 rings (SSSR count). The number of carbonyl (C=O) groups is 1. The second-order valence-electron chi connectivity index (χ2n) is 6.95. The van der Waals surface area contributed by atoms with Crippen molar-refractivity contribution in [2.24, 2.45) is 0 Å². The van der Waals surface area contributed by atoms with Crippen LogP contribution in [0.25, 0.3) is 11.1 Å². The highest BCUT2D eigenvalue weighted by molar-refractivity contribution is 5.97. The minimum Gasteiger partial charge on any atom is -0.440 e. The molecule has 1 aromatic carbocycles. The van der Waals surface area contributed by atoms with Gasteiger partial charge in [-0.15, -0.1) is 0 Å². The summed E-state index contributed by atoms with van der Waals surface area (Å²) in [5.41, 5.74) is 1.91. The van der Waals surface area contributed by atoms with Gasteiger partial charge in [-0.2, -0.15) is 4.98 Å². The summed E-state index contributed by atoms with van der Waals surface area (Å²) in [6.07, 6.45) is 2.31. The van der Waals surface area contributed by atoms with Crippen LogP contribution in [0.5, 0.6) is 0 Å². The molecule has 1 N–H and O–H groups in total. The van der Waals surface area contributed by atoms with Crippen LogP contribution in [0.1, 0.15) is 66.7 Å². The Kier molecular flexibility index (Phi) is 4.89. The maximum Gasteiger partial charge on any atom is 0.255 e. The smallest absolute Gasteiger partial charge is 0.255 e. The lowest BCUT2D eigenvalue weighted by molar-refractivity contribution is 0.0835. The van der Waals surface area contributed by atoms with E-state index in [4.69, 9.17) is 13.7 Å². The van der Waals surface area contributed by atoms with E-state index in [1.165, 1.54) is 0 Å². The maximum atomic E-state index is 12.4. The molecular weight excluding hydrogens is 348 g/mol. The van der Waals surface area contributed by atoms with Crippen molar-refractivity contribution in [2.75, 3.05) is 13.2 Å². The van der Waals surface area contributed by atoms with E-state index < -0.39 is 0 Å². The van der Waals surface area contributed by atoms with Gasteiger partial charge in [0.1, 0.15) is 11.6 Å². The molecular formula is C19H22N4O4. The fourth-order valence-corrected chi connectivity index (χ4v) is 3.00. The number of rotatable bonds is 6. The largest absolute Gasteiger partial charge is 0.440 e. The first kappa shape index (κ1) is 17.7. The molecule has 0 spiro atoms. The van der Waals surface area contributed by atoms with Crippen molar-refractivity contribution >= 4 is 17.0 Å². The van der Waals surface area contributed by atoms with E-state index in [0.29, 0.717) is 47.2 Å². The van der Waals surface area contributed by atoms with Crippen LogP contribution in [-0.2, 0) is 11.2 Å². The van der Waals surface area contributed by atoms with Crippen molar-refractivity contribution in [1.29, 1.82) is 0 Å². The van der Waals surface area contributed by atoms with Gasteiger partial charge in [0, 0.05) is 31.1 Å². The first-order valence-corrected chi connectivity index (χ1v) is 9.23. The van der Waals surface area contributed by atoms with Crippen LogP contribution in [0.4, 0.5) is 0 Å². The quantitative estimate of drug-likeness (QED) is 0.711. The van der Waals surface area contributed by atoms with Crippen LogP contribution in [0, 0.1) is 0 Å². The maximum absolute atomic E-state index is 12.4. The summed E-state index contributed by atoms with van der Waals surface area (Å²) in [7, 11) is 0. The van der Waals surface area contributed by atoms with E-state index in [1.807, 2.05) is 13.8 Å². The average molecular weight is 370 g/mol. The van der Waals surface area contributed by atoms with Crippen LogP contribution in [-0.4, -0.2) is 34.2 Å². The van der Waals surface area contributed by atoms with Gasteiger partial charge in [0.2, 0.25) is 0 Å². The minimum absolute atomic E-state index is 0.0919. The predicted molar refractivity (Wildman–Crippen MR) is 96.4 cm³/mol. The van der Waals surface area contributed by atoms with Gasteiger partial charge in [0.05, 0.1) is 0 Å². The van der Waals surface area contributed by atoms with Crippen LogP contribution in [0.3, 0.4) is 0 Å². The van der Waals surface area contributed by atoms with E-state index in [9.17, 15) is 4.79 Å². The molecule has 8 nitrogen and oxygen atoms in total. The molecule has 0 radical (unpaired) electrons. The van der Waals surface area contributed by atoms with E-state index in [-0.39, 0.29) is 17.9 Å². The van der Waals surface area contributed by atoms with E-state index in [2.05, 4.69) is 20.4 Å². The molecule has 0 aliphatic carbocycles. The van der Waals surface area contributed by atoms with Crippen LogP contribution in [0.2, 0.25) is 0 Å². The number of ether oxygens (including phenoxy) is 1. The number of benzene rings is 1. The number of hydrogen-bond donors (Lipinski definition) is 1. The van der Waals surface area contributed by atoms with Crippen molar-refractivity contribution in [2.45, 2.75) is 45.1 Å². The fraction of sp³-hybridized carbons (Fsp3) is 0.474. The Bertz CT molecular complexity index is 940. The van der Waals surface area contributed by atoms with Crippen LogP contribution in [0.15, 0.2) is 27.1 Å². The van der Waals surface area contributed by atoms with Crippen LogP contribution >= 0.6 is 0 Å². The third-order valence-electron chi connectivity index (χ3n) is 4.48. The second kappa shape index (κ2) is 7.48. The molecule has 1 amide bonds. The van der Waals surface area contributed by atoms with Gasteiger partial charge in [-0.1, -0.05) is 19.0 Å². The molecule has 3 aromatic rings. The first-order chi connectivity index (χ1) is 13.1. The second-order valence-corrected chi connectivity index (χ2v) is 6.95. The highest BCUT2D eigenvalue weighted by Crippen LogP contribution is 2.27. The monoisotopic (exact) mass is 370 g/mol. The van der Waals surface area contributed by atoms with Crippen molar-refractivity contribution in [3.8, 4) is 0 Å². The number of nitrogens with zero attached hydrogens (tertiary/aromatic N) is 3. The Morgan fingerprint density at radius 2 is 2.22 bits per heavy atom. The molecule has 1 fully saturated rings. The molecule has 1 unspecified atom stereocenters. The standard InChI is InChI=1S/C19H22N4O4/c1-11(2)18-21-13-10-12(5-6-14(13)26-18)17(24)20-8-7-16-22-19(27-23-16)15-4-3-9-25-15/h5-6,10-11,15H,3-4,7-9H2,1-2H3,(H,20,24). The van der Waals surface area contributed by atoms with E-state index in [0.717, 1.165) is 19.4 Å². The molecule has 142 valence electrons. The molecule has 1 atom stereocenters. The van der Waals surface area contributed by atoms with Gasteiger partial charge in [0.25, 0.3) is 11.8 Å². The third-order valence-corrected chi connectivity index (χ3v) is 4.48. The van der Waals surface area contributed by atoms with E-state index >= 15 is 0 Å². The number of aromatic nitrogens is 3. The molecule has 27 heavy (non-hydrogen) atoms. The summed E-state index contributed by atoms with van der Waals surface area (Å²) in [6, 6.07) is 5.25. The Balaban J connectivity index is 1.34. The topological polar surface area (TPSA) is 103 Å². The van der Waals surface area contributed by atoms with Crippen molar-refractivity contribution in [3.05, 3.63) is 41.4 Å². The number of fused-ring (bicyclic) bond motifs is 1. The molecule has 0 saturated carbocycles.